The summed E-state index contributed by atoms with van der Waals surface area (Å²) in [5.74, 6) is 0.595. The number of benzene rings is 1. The summed E-state index contributed by atoms with van der Waals surface area (Å²) in [6.45, 7) is 5.41. The van der Waals surface area contributed by atoms with Gasteiger partial charge in [0.05, 0.1) is 0 Å². The molecule has 0 atom stereocenters. The van der Waals surface area contributed by atoms with Crippen molar-refractivity contribution in [2.24, 2.45) is 5.92 Å². The standard InChI is InChI=1S/C20H30ClN3O2/c1-26-20(8-10-22-11-9-20)19(25)23-14-16-6-12-24(13-7-16)15-17-4-2-3-5-18(17)21/h2-5,16,22H,6-15H2,1H3,(H,23,25). The molecule has 0 aromatic heterocycles. The summed E-state index contributed by atoms with van der Waals surface area (Å²) in [5, 5.41) is 7.29. The molecule has 6 heteroatoms. The fourth-order valence-corrected chi connectivity index (χ4v) is 4.16. The predicted molar refractivity (Wildman–Crippen MR) is 104 cm³/mol. The van der Waals surface area contributed by atoms with Crippen LogP contribution in [0.3, 0.4) is 0 Å². The number of hydrogen-bond donors (Lipinski definition) is 2. The van der Waals surface area contributed by atoms with Crippen LogP contribution in [-0.4, -0.2) is 56.2 Å². The number of amides is 1. The maximum Gasteiger partial charge on any atom is 0.252 e. The van der Waals surface area contributed by atoms with Crippen LogP contribution < -0.4 is 10.6 Å². The molecule has 2 aliphatic rings. The third-order valence-corrected chi connectivity index (χ3v) is 6.19. The maximum absolute atomic E-state index is 12.6. The third-order valence-electron chi connectivity index (χ3n) is 5.83. The first kappa shape index (κ1) is 19.6. The lowest BCUT2D eigenvalue weighted by atomic mass is 9.90. The summed E-state index contributed by atoms with van der Waals surface area (Å²) in [6.07, 6.45) is 3.69. The van der Waals surface area contributed by atoms with E-state index in [2.05, 4.69) is 21.6 Å². The van der Waals surface area contributed by atoms with Crippen molar-refractivity contribution in [2.75, 3.05) is 39.8 Å². The first-order valence-corrected chi connectivity index (χ1v) is 10.0. The number of likely N-dealkylation sites (tertiary alicyclic amines) is 1. The second kappa shape index (κ2) is 9.18. The van der Waals surface area contributed by atoms with Gasteiger partial charge in [-0.05, 0) is 69.4 Å². The number of halogens is 1. The molecular formula is C20H30ClN3O2. The van der Waals surface area contributed by atoms with Gasteiger partial charge in [0.15, 0.2) is 0 Å². The van der Waals surface area contributed by atoms with Gasteiger partial charge in [-0.25, -0.2) is 0 Å². The Kier molecular flexibility index (Phi) is 6.92. The molecule has 2 saturated heterocycles. The van der Waals surface area contributed by atoms with Crippen molar-refractivity contribution in [2.45, 2.75) is 37.8 Å². The summed E-state index contributed by atoms with van der Waals surface area (Å²) < 4.78 is 5.60. The lowest BCUT2D eigenvalue weighted by molar-refractivity contribution is -0.147. The molecule has 2 fully saturated rings. The number of rotatable bonds is 6. The first-order chi connectivity index (χ1) is 12.6. The van der Waals surface area contributed by atoms with Crippen LogP contribution in [0.5, 0.6) is 0 Å². The Labute approximate surface area is 161 Å². The monoisotopic (exact) mass is 379 g/mol. The van der Waals surface area contributed by atoms with E-state index in [4.69, 9.17) is 16.3 Å². The number of nitrogens with zero attached hydrogens (tertiary/aromatic N) is 1. The van der Waals surface area contributed by atoms with Gasteiger partial charge < -0.3 is 15.4 Å². The van der Waals surface area contributed by atoms with Crippen molar-refractivity contribution in [3.63, 3.8) is 0 Å². The van der Waals surface area contributed by atoms with Gasteiger partial charge in [-0.3, -0.25) is 9.69 Å². The number of piperidine rings is 2. The van der Waals surface area contributed by atoms with Crippen molar-refractivity contribution in [3.05, 3.63) is 34.9 Å². The molecule has 1 amide bonds. The Morgan fingerprint density at radius 2 is 2.00 bits per heavy atom. The highest BCUT2D eigenvalue weighted by molar-refractivity contribution is 6.31. The van der Waals surface area contributed by atoms with Crippen molar-refractivity contribution in [3.8, 4) is 0 Å². The highest BCUT2D eigenvalue weighted by Crippen LogP contribution is 2.24. The zero-order valence-electron chi connectivity index (χ0n) is 15.6. The van der Waals surface area contributed by atoms with Crippen LogP contribution in [0.4, 0.5) is 0 Å². The summed E-state index contributed by atoms with van der Waals surface area (Å²) in [6, 6.07) is 8.05. The molecule has 0 bridgehead atoms. The second-order valence-corrected chi connectivity index (χ2v) is 7.88. The number of hydrogen-bond acceptors (Lipinski definition) is 4. The molecule has 144 valence electrons. The van der Waals surface area contributed by atoms with Gasteiger partial charge in [-0.15, -0.1) is 0 Å². The molecule has 0 saturated carbocycles. The Morgan fingerprint density at radius 1 is 1.31 bits per heavy atom. The summed E-state index contributed by atoms with van der Waals surface area (Å²) in [4.78, 5) is 15.1. The van der Waals surface area contributed by atoms with Crippen LogP contribution in [0.15, 0.2) is 24.3 Å². The van der Waals surface area contributed by atoms with Crippen molar-refractivity contribution in [1.82, 2.24) is 15.5 Å². The number of carbonyl (C=O) groups excluding carboxylic acids is 1. The number of carbonyl (C=O) groups is 1. The van der Waals surface area contributed by atoms with E-state index in [0.29, 0.717) is 5.92 Å². The minimum Gasteiger partial charge on any atom is -0.368 e. The van der Waals surface area contributed by atoms with Gasteiger partial charge in [0.25, 0.3) is 5.91 Å². The Balaban J connectivity index is 1.42. The SMILES string of the molecule is COC1(C(=O)NCC2CCN(Cc3ccccc3Cl)CC2)CCNCC1. The topological polar surface area (TPSA) is 53.6 Å². The molecule has 1 aromatic rings. The summed E-state index contributed by atoms with van der Waals surface area (Å²) >= 11 is 6.27. The number of ether oxygens (including phenoxy) is 1. The maximum atomic E-state index is 12.6. The second-order valence-electron chi connectivity index (χ2n) is 7.47. The van der Waals surface area contributed by atoms with E-state index in [1.54, 1.807) is 7.11 Å². The minimum atomic E-state index is -0.643. The smallest absolute Gasteiger partial charge is 0.252 e. The molecule has 2 heterocycles. The molecule has 0 spiro atoms. The summed E-state index contributed by atoms with van der Waals surface area (Å²) in [5.41, 5.74) is 0.546. The van der Waals surface area contributed by atoms with Gasteiger partial charge >= 0.3 is 0 Å². The minimum absolute atomic E-state index is 0.0556. The average molecular weight is 380 g/mol. The molecule has 3 rings (SSSR count). The van der Waals surface area contributed by atoms with Crippen molar-refractivity contribution < 1.29 is 9.53 Å². The van der Waals surface area contributed by atoms with E-state index in [0.717, 1.165) is 70.0 Å². The fraction of sp³-hybridized carbons (Fsp3) is 0.650. The quantitative estimate of drug-likeness (QED) is 0.797. The summed E-state index contributed by atoms with van der Waals surface area (Å²) in [7, 11) is 1.65. The van der Waals surface area contributed by atoms with Gasteiger partial charge in [0.1, 0.15) is 5.60 Å². The lowest BCUT2D eigenvalue weighted by Gasteiger charge is -2.36. The highest BCUT2D eigenvalue weighted by Gasteiger charge is 2.39. The van der Waals surface area contributed by atoms with Crippen LogP contribution in [0, 0.1) is 5.92 Å². The molecule has 26 heavy (non-hydrogen) atoms. The van der Waals surface area contributed by atoms with Gasteiger partial charge in [-0.1, -0.05) is 29.8 Å². The van der Waals surface area contributed by atoms with Gasteiger partial charge in [-0.2, -0.15) is 0 Å². The highest BCUT2D eigenvalue weighted by atomic mass is 35.5. The lowest BCUT2D eigenvalue weighted by Crippen LogP contribution is -2.55. The van der Waals surface area contributed by atoms with Crippen LogP contribution in [0.2, 0.25) is 5.02 Å². The largest absolute Gasteiger partial charge is 0.368 e. The molecule has 5 nitrogen and oxygen atoms in total. The average Bonchev–Trinajstić information content (AvgIpc) is 2.69. The van der Waals surface area contributed by atoms with E-state index < -0.39 is 5.60 Å². The molecule has 2 aliphatic heterocycles. The van der Waals surface area contributed by atoms with Gasteiger partial charge in [0.2, 0.25) is 0 Å². The zero-order valence-corrected chi connectivity index (χ0v) is 16.4. The van der Waals surface area contributed by atoms with E-state index in [9.17, 15) is 4.79 Å². The molecular weight excluding hydrogens is 350 g/mol. The van der Waals surface area contributed by atoms with Crippen molar-refractivity contribution >= 4 is 17.5 Å². The molecule has 0 aliphatic carbocycles. The number of methoxy groups -OCH3 is 1. The molecule has 0 unspecified atom stereocenters. The Morgan fingerprint density at radius 3 is 2.65 bits per heavy atom. The van der Waals surface area contributed by atoms with E-state index >= 15 is 0 Å². The number of nitrogens with one attached hydrogen (secondary N) is 2. The Bertz CT molecular complexity index is 596. The van der Waals surface area contributed by atoms with Gasteiger partial charge in [0, 0.05) is 25.2 Å². The fourth-order valence-electron chi connectivity index (χ4n) is 3.97. The first-order valence-electron chi connectivity index (χ1n) is 9.63. The van der Waals surface area contributed by atoms with Crippen molar-refractivity contribution in [1.29, 1.82) is 0 Å². The molecule has 2 N–H and O–H groups in total. The zero-order chi connectivity index (χ0) is 18.4. The molecule has 0 radical (unpaired) electrons. The van der Waals surface area contributed by atoms with Crippen LogP contribution in [0.1, 0.15) is 31.2 Å². The normalized spacial score (nSPS) is 21.5. The van der Waals surface area contributed by atoms with E-state index in [-0.39, 0.29) is 5.91 Å². The van der Waals surface area contributed by atoms with E-state index in [1.165, 1.54) is 5.56 Å². The van der Waals surface area contributed by atoms with Crippen LogP contribution >= 0.6 is 11.6 Å². The molecule has 1 aromatic carbocycles. The third kappa shape index (κ3) is 4.77. The Hall–Kier alpha value is -1.14. The van der Waals surface area contributed by atoms with E-state index in [1.807, 2.05) is 18.2 Å². The predicted octanol–water partition coefficient (Wildman–Crippen LogP) is 2.44. The van der Waals surface area contributed by atoms with Crippen LogP contribution in [0.25, 0.3) is 0 Å². The van der Waals surface area contributed by atoms with Crippen LogP contribution in [-0.2, 0) is 16.1 Å².